The normalized spacial score (nSPS) is 16.3. The van der Waals surface area contributed by atoms with Gasteiger partial charge in [-0.1, -0.05) is 0 Å². The maximum absolute atomic E-state index is 10.2. The lowest BCUT2D eigenvalue weighted by Crippen LogP contribution is -2.49. The van der Waals surface area contributed by atoms with Gasteiger partial charge in [-0.05, 0) is 24.3 Å². The van der Waals surface area contributed by atoms with Crippen molar-refractivity contribution in [3.05, 3.63) is 42.4 Å². The molecule has 7 heteroatoms. The second-order valence-electron chi connectivity index (χ2n) is 6.57. The highest BCUT2D eigenvalue weighted by Gasteiger charge is 2.21. The number of β-amino-alcohol motifs (C(OH)–C–C–N with tert-alkyl or cyclic N) is 1. The fourth-order valence-electron chi connectivity index (χ4n) is 3.26. The van der Waals surface area contributed by atoms with Crippen molar-refractivity contribution < 1.29 is 23.7 Å². The molecule has 148 valence electrons. The second-order valence-corrected chi connectivity index (χ2v) is 6.57. The summed E-state index contributed by atoms with van der Waals surface area (Å²) in [4.78, 5) is 4.56. The van der Waals surface area contributed by atoms with Crippen molar-refractivity contribution in [1.29, 1.82) is 0 Å². The summed E-state index contributed by atoms with van der Waals surface area (Å²) in [5.41, 5.74) is 1.07. The SMILES string of the molecule is COc1ccc(N2CCN(CC(O)COCc3ccco3)CC2)c(OC)c1. The molecule has 0 bridgehead atoms. The first-order valence-electron chi connectivity index (χ1n) is 9.17. The highest BCUT2D eigenvalue weighted by atomic mass is 16.5. The van der Waals surface area contributed by atoms with E-state index in [4.69, 9.17) is 18.6 Å². The Bertz CT molecular complexity index is 684. The van der Waals surface area contributed by atoms with Gasteiger partial charge >= 0.3 is 0 Å². The largest absolute Gasteiger partial charge is 0.497 e. The number of piperazine rings is 1. The average molecular weight is 376 g/mol. The Balaban J connectivity index is 1.43. The van der Waals surface area contributed by atoms with E-state index in [-0.39, 0.29) is 0 Å². The Kier molecular flexibility index (Phi) is 6.98. The monoisotopic (exact) mass is 376 g/mol. The standard InChI is InChI=1S/C20H28N2O5/c1-24-17-5-6-19(20(12-17)25-2)22-9-7-21(8-10-22)13-16(23)14-26-15-18-4-3-11-27-18/h3-6,11-12,16,23H,7-10,13-15H2,1-2H3. The number of benzene rings is 1. The zero-order valence-electron chi connectivity index (χ0n) is 16.0. The molecular weight excluding hydrogens is 348 g/mol. The quantitative estimate of drug-likeness (QED) is 0.718. The van der Waals surface area contributed by atoms with Crippen LogP contribution in [0.25, 0.3) is 0 Å². The Morgan fingerprint density at radius 1 is 1.11 bits per heavy atom. The molecule has 0 amide bonds. The lowest BCUT2D eigenvalue weighted by atomic mass is 10.2. The zero-order valence-corrected chi connectivity index (χ0v) is 16.0. The fraction of sp³-hybridized carbons (Fsp3) is 0.500. The maximum Gasteiger partial charge on any atom is 0.145 e. The van der Waals surface area contributed by atoms with Crippen LogP contribution in [-0.2, 0) is 11.3 Å². The van der Waals surface area contributed by atoms with Gasteiger partial charge in [0.2, 0.25) is 0 Å². The molecule has 2 aromatic rings. The van der Waals surface area contributed by atoms with Gasteiger partial charge in [0.05, 0.1) is 38.9 Å². The number of hydrogen-bond donors (Lipinski definition) is 1. The van der Waals surface area contributed by atoms with Crippen LogP contribution in [-0.4, -0.2) is 69.7 Å². The smallest absolute Gasteiger partial charge is 0.145 e. The molecule has 1 aliphatic rings. The minimum absolute atomic E-state index is 0.299. The van der Waals surface area contributed by atoms with Gasteiger partial charge < -0.3 is 28.6 Å². The Labute approximate surface area is 160 Å². The molecule has 1 saturated heterocycles. The first kappa shape index (κ1) is 19.5. The van der Waals surface area contributed by atoms with Crippen molar-refractivity contribution in [2.75, 3.05) is 58.5 Å². The van der Waals surface area contributed by atoms with Crippen molar-refractivity contribution in [2.45, 2.75) is 12.7 Å². The number of hydrogen-bond acceptors (Lipinski definition) is 7. The van der Waals surface area contributed by atoms with Gasteiger partial charge in [0.25, 0.3) is 0 Å². The third-order valence-corrected chi connectivity index (χ3v) is 4.70. The van der Waals surface area contributed by atoms with Gasteiger partial charge in [0.1, 0.15) is 23.9 Å². The topological polar surface area (TPSA) is 67.5 Å². The summed E-state index contributed by atoms with van der Waals surface area (Å²) >= 11 is 0. The van der Waals surface area contributed by atoms with Gasteiger partial charge in [0.15, 0.2) is 0 Å². The average Bonchev–Trinajstić information content (AvgIpc) is 3.21. The van der Waals surface area contributed by atoms with E-state index >= 15 is 0 Å². The van der Waals surface area contributed by atoms with Crippen LogP contribution >= 0.6 is 0 Å². The van der Waals surface area contributed by atoms with Crippen LogP contribution in [0, 0.1) is 0 Å². The van der Waals surface area contributed by atoms with Crippen LogP contribution in [0.1, 0.15) is 5.76 Å². The number of methoxy groups -OCH3 is 2. The van der Waals surface area contributed by atoms with Crippen LogP contribution in [0.5, 0.6) is 11.5 Å². The summed E-state index contributed by atoms with van der Waals surface area (Å²) in [6, 6.07) is 9.57. The second kappa shape index (κ2) is 9.64. The summed E-state index contributed by atoms with van der Waals surface area (Å²) in [6.45, 7) is 4.80. The predicted octanol–water partition coefficient (Wildman–Crippen LogP) is 2.00. The number of ether oxygens (including phenoxy) is 3. The highest BCUT2D eigenvalue weighted by molar-refractivity contribution is 5.61. The van der Waals surface area contributed by atoms with Gasteiger partial charge in [-0.15, -0.1) is 0 Å². The summed E-state index contributed by atoms with van der Waals surface area (Å²) < 4.78 is 21.5. The van der Waals surface area contributed by atoms with Gasteiger partial charge in [0, 0.05) is 38.8 Å². The maximum atomic E-state index is 10.2. The highest BCUT2D eigenvalue weighted by Crippen LogP contribution is 2.32. The summed E-state index contributed by atoms with van der Waals surface area (Å²) in [6.07, 6.45) is 1.11. The number of furan rings is 1. The first-order chi connectivity index (χ1) is 13.2. The van der Waals surface area contributed by atoms with E-state index in [0.717, 1.165) is 49.1 Å². The molecule has 1 fully saturated rings. The number of rotatable bonds is 9. The van der Waals surface area contributed by atoms with Gasteiger partial charge in [-0.25, -0.2) is 0 Å². The molecule has 1 aromatic heterocycles. The number of aliphatic hydroxyl groups excluding tert-OH is 1. The molecular formula is C20H28N2O5. The Hall–Kier alpha value is -2.22. The molecule has 1 atom stereocenters. The summed E-state index contributed by atoms with van der Waals surface area (Å²) in [5.74, 6) is 2.37. The summed E-state index contributed by atoms with van der Waals surface area (Å²) in [7, 11) is 3.32. The molecule has 0 saturated carbocycles. The third-order valence-electron chi connectivity index (χ3n) is 4.70. The van der Waals surface area contributed by atoms with E-state index in [1.807, 2.05) is 30.3 Å². The van der Waals surface area contributed by atoms with Crippen LogP contribution in [0.2, 0.25) is 0 Å². The molecule has 0 spiro atoms. The van der Waals surface area contributed by atoms with E-state index < -0.39 is 6.10 Å². The van der Waals surface area contributed by atoms with Crippen molar-refractivity contribution in [1.82, 2.24) is 4.90 Å². The van der Waals surface area contributed by atoms with E-state index in [1.54, 1.807) is 20.5 Å². The molecule has 1 aromatic carbocycles. The van der Waals surface area contributed by atoms with Crippen molar-refractivity contribution in [3.8, 4) is 11.5 Å². The summed E-state index contributed by atoms with van der Waals surface area (Å²) in [5, 5.41) is 10.2. The van der Waals surface area contributed by atoms with Crippen molar-refractivity contribution >= 4 is 5.69 Å². The predicted molar refractivity (Wildman–Crippen MR) is 103 cm³/mol. The third kappa shape index (κ3) is 5.38. The Morgan fingerprint density at radius 2 is 1.93 bits per heavy atom. The number of nitrogens with zero attached hydrogens (tertiary/aromatic N) is 2. The van der Waals surface area contributed by atoms with Gasteiger partial charge in [-0.2, -0.15) is 0 Å². The van der Waals surface area contributed by atoms with Crippen molar-refractivity contribution in [2.24, 2.45) is 0 Å². The van der Waals surface area contributed by atoms with Gasteiger partial charge in [-0.3, -0.25) is 4.90 Å². The van der Waals surface area contributed by atoms with Crippen LogP contribution < -0.4 is 14.4 Å². The van der Waals surface area contributed by atoms with Crippen LogP contribution in [0.3, 0.4) is 0 Å². The van der Waals surface area contributed by atoms with E-state index in [2.05, 4.69) is 9.80 Å². The van der Waals surface area contributed by atoms with Crippen LogP contribution in [0.15, 0.2) is 41.0 Å². The molecule has 1 unspecified atom stereocenters. The number of aliphatic hydroxyl groups is 1. The minimum atomic E-state index is -0.512. The molecule has 7 nitrogen and oxygen atoms in total. The molecule has 2 heterocycles. The first-order valence-corrected chi connectivity index (χ1v) is 9.17. The Morgan fingerprint density at radius 3 is 2.59 bits per heavy atom. The molecule has 0 aliphatic carbocycles. The molecule has 0 radical (unpaired) electrons. The molecule has 1 N–H and O–H groups in total. The van der Waals surface area contributed by atoms with E-state index in [1.165, 1.54) is 0 Å². The fourth-order valence-corrected chi connectivity index (χ4v) is 3.26. The lowest BCUT2D eigenvalue weighted by Gasteiger charge is -2.37. The number of anilines is 1. The lowest BCUT2D eigenvalue weighted by molar-refractivity contribution is 0.00441. The minimum Gasteiger partial charge on any atom is -0.497 e. The van der Waals surface area contributed by atoms with E-state index in [0.29, 0.717) is 19.8 Å². The molecule has 1 aliphatic heterocycles. The molecule has 3 rings (SSSR count). The molecule has 27 heavy (non-hydrogen) atoms. The zero-order chi connectivity index (χ0) is 19.1. The van der Waals surface area contributed by atoms with E-state index in [9.17, 15) is 5.11 Å². The van der Waals surface area contributed by atoms with Crippen LogP contribution in [0.4, 0.5) is 5.69 Å². The van der Waals surface area contributed by atoms with Crippen molar-refractivity contribution in [3.63, 3.8) is 0 Å².